The molecule has 0 fully saturated rings. The summed E-state index contributed by atoms with van der Waals surface area (Å²) in [6.07, 6.45) is 0. The molecule has 14 heavy (non-hydrogen) atoms. The Kier molecular flexibility index (Phi) is 3.24. The summed E-state index contributed by atoms with van der Waals surface area (Å²) in [5.41, 5.74) is 0.935. The maximum atomic E-state index is 11.2. The van der Waals surface area contributed by atoms with Gasteiger partial charge >= 0.3 is 0 Å². The molecule has 0 unspecified atom stereocenters. The third kappa shape index (κ3) is 2.11. The fraction of sp³-hybridized carbons (Fsp3) is 0.273. The molecule has 3 nitrogen and oxygen atoms in total. The molecule has 0 atom stereocenters. The van der Waals surface area contributed by atoms with E-state index in [1.807, 2.05) is 13.0 Å². The van der Waals surface area contributed by atoms with Gasteiger partial charge in [0.05, 0.1) is 23.8 Å². The summed E-state index contributed by atoms with van der Waals surface area (Å²) in [6.45, 7) is 3.81. The average molecular weight is 189 g/mol. The van der Waals surface area contributed by atoms with Gasteiger partial charge in [0.2, 0.25) is 0 Å². The van der Waals surface area contributed by atoms with Crippen molar-refractivity contribution in [3.05, 3.63) is 29.3 Å². The van der Waals surface area contributed by atoms with Crippen molar-refractivity contribution < 1.29 is 9.53 Å². The van der Waals surface area contributed by atoms with Gasteiger partial charge in [0.1, 0.15) is 5.75 Å². The van der Waals surface area contributed by atoms with Crippen LogP contribution in [0.4, 0.5) is 0 Å². The number of Topliss-reactive ketones (excluding diaryl/α,β-unsaturated/α-hetero) is 1. The van der Waals surface area contributed by atoms with Gasteiger partial charge in [0, 0.05) is 0 Å². The number of nitrogens with zero attached hydrogens (tertiary/aromatic N) is 1. The summed E-state index contributed by atoms with van der Waals surface area (Å²) in [5, 5.41) is 8.66. The normalized spacial score (nSPS) is 9.21. The number of ether oxygens (including phenoxy) is 1. The number of nitriles is 1. The number of benzene rings is 1. The Bertz CT molecular complexity index is 391. The van der Waals surface area contributed by atoms with Crippen molar-refractivity contribution in [1.29, 1.82) is 5.26 Å². The van der Waals surface area contributed by atoms with E-state index in [4.69, 9.17) is 10.00 Å². The maximum Gasteiger partial charge on any atom is 0.163 e. The smallest absolute Gasteiger partial charge is 0.163 e. The molecule has 0 aliphatic rings. The van der Waals surface area contributed by atoms with Crippen molar-refractivity contribution in [3.63, 3.8) is 0 Å². The second-order valence-corrected chi connectivity index (χ2v) is 2.81. The van der Waals surface area contributed by atoms with Gasteiger partial charge in [0.15, 0.2) is 5.78 Å². The van der Waals surface area contributed by atoms with Crippen molar-refractivity contribution in [2.45, 2.75) is 13.8 Å². The van der Waals surface area contributed by atoms with Gasteiger partial charge in [-0.05, 0) is 32.0 Å². The number of hydrogen-bond acceptors (Lipinski definition) is 3. The predicted octanol–water partition coefficient (Wildman–Crippen LogP) is 2.16. The molecule has 0 amide bonds. The van der Waals surface area contributed by atoms with Crippen LogP contribution < -0.4 is 4.74 Å². The molecule has 1 aromatic carbocycles. The molecule has 1 rings (SSSR count). The van der Waals surface area contributed by atoms with Crippen LogP contribution in [0.1, 0.15) is 29.8 Å². The highest BCUT2D eigenvalue weighted by atomic mass is 16.5. The topological polar surface area (TPSA) is 50.1 Å². The van der Waals surface area contributed by atoms with Crippen LogP contribution in [-0.4, -0.2) is 12.4 Å². The Morgan fingerprint density at radius 1 is 1.57 bits per heavy atom. The first kappa shape index (κ1) is 10.3. The van der Waals surface area contributed by atoms with Gasteiger partial charge in [-0.3, -0.25) is 4.79 Å². The van der Waals surface area contributed by atoms with Crippen LogP contribution in [0.25, 0.3) is 0 Å². The van der Waals surface area contributed by atoms with Gasteiger partial charge in [-0.25, -0.2) is 0 Å². The molecule has 0 N–H and O–H groups in total. The summed E-state index contributed by atoms with van der Waals surface area (Å²) in [7, 11) is 0. The third-order valence-electron chi connectivity index (χ3n) is 1.79. The van der Waals surface area contributed by atoms with Crippen molar-refractivity contribution in [3.8, 4) is 11.8 Å². The Labute approximate surface area is 82.9 Å². The highest BCUT2D eigenvalue weighted by Crippen LogP contribution is 2.20. The van der Waals surface area contributed by atoms with Gasteiger partial charge in [0.25, 0.3) is 0 Å². The Morgan fingerprint density at radius 2 is 2.29 bits per heavy atom. The fourth-order valence-electron chi connectivity index (χ4n) is 1.16. The summed E-state index contributed by atoms with van der Waals surface area (Å²) >= 11 is 0. The third-order valence-corrected chi connectivity index (χ3v) is 1.79. The summed E-state index contributed by atoms with van der Waals surface area (Å²) in [5.74, 6) is 0.449. The standard InChI is InChI=1S/C11H11NO2/c1-3-14-11-5-4-9(7-12)6-10(11)8(2)13/h4-6H,3H2,1-2H3. The highest BCUT2D eigenvalue weighted by molar-refractivity contribution is 5.97. The molecule has 0 heterocycles. The van der Waals surface area contributed by atoms with E-state index < -0.39 is 0 Å². The summed E-state index contributed by atoms with van der Waals surface area (Å²) in [6, 6.07) is 6.82. The minimum Gasteiger partial charge on any atom is -0.493 e. The predicted molar refractivity (Wildman–Crippen MR) is 52.3 cm³/mol. The molecule has 0 saturated heterocycles. The van der Waals surface area contributed by atoms with Crippen LogP contribution in [0, 0.1) is 11.3 Å². The van der Waals surface area contributed by atoms with E-state index in [-0.39, 0.29) is 5.78 Å². The zero-order valence-electron chi connectivity index (χ0n) is 8.20. The van der Waals surface area contributed by atoms with E-state index in [9.17, 15) is 4.79 Å². The first-order valence-electron chi connectivity index (χ1n) is 4.37. The van der Waals surface area contributed by atoms with E-state index in [0.29, 0.717) is 23.5 Å². The lowest BCUT2D eigenvalue weighted by molar-refractivity contribution is 0.101. The van der Waals surface area contributed by atoms with Crippen LogP contribution in [0.15, 0.2) is 18.2 Å². The van der Waals surface area contributed by atoms with E-state index >= 15 is 0 Å². The Balaban J connectivity index is 3.18. The minimum absolute atomic E-state index is 0.0921. The van der Waals surface area contributed by atoms with Gasteiger partial charge in [-0.1, -0.05) is 0 Å². The van der Waals surface area contributed by atoms with Gasteiger partial charge in [-0.2, -0.15) is 5.26 Å². The van der Waals surface area contributed by atoms with E-state index in [0.717, 1.165) is 0 Å². The fourth-order valence-corrected chi connectivity index (χ4v) is 1.16. The second kappa shape index (κ2) is 4.43. The molecule has 72 valence electrons. The zero-order valence-corrected chi connectivity index (χ0v) is 8.20. The van der Waals surface area contributed by atoms with Crippen molar-refractivity contribution in [2.75, 3.05) is 6.61 Å². The summed E-state index contributed by atoms with van der Waals surface area (Å²) < 4.78 is 5.27. The van der Waals surface area contributed by atoms with E-state index in [2.05, 4.69) is 0 Å². The molecule has 0 saturated carbocycles. The summed E-state index contributed by atoms with van der Waals surface area (Å²) in [4.78, 5) is 11.2. The minimum atomic E-state index is -0.0921. The first-order valence-corrected chi connectivity index (χ1v) is 4.37. The quantitative estimate of drug-likeness (QED) is 0.684. The number of ketones is 1. The number of rotatable bonds is 3. The monoisotopic (exact) mass is 189 g/mol. The molecule has 1 aromatic rings. The number of carbonyl (C=O) groups is 1. The number of carbonyl (C=O) groups excluding carboxylic acids is 1. The Morgan fingerprint density at radius 3 is 2.79 bits per heavy atom. The van der Waals surface area contributed by atoms with Crippen LogP contribution in [0.2, 0.25) is 0 Å². The highest BCUT2D eigenvalue weighted by Gasteiger charge is 2.08. The van der Waals surface area contributed by atoms with E-state index in [1.54, 1.807) is 18.2 Å². The lowest BCUT2D eigenvalue weighted by atomic mass is 10.1. The van der Waals surface area contributed by atoms with Gasteiger partial charge in [-0.15, -0.1) is 0 Å². The molecule has 0 aromatic heterocycles. The molecule has 0 bridgehead atoms. The lowest BCUT2D eigenvalue weighted by Crippen LogP contribution is -2.00. The lowest BCUT2D eigenvalue weighted by Gasteiger charge is -2.07. The molecule has 0 spiro atoms. The zero-order chi connectivity index (χ0) is 10.6. The molecular weight excluding hydrogens is 178 g/mol. The number of hydrogen-bond donors (Lipinski definition) is 0. The largest absolute Gasteiger partial charge is 0.493 e. The van der Waals surface area contributed by atoms with Crippen LogP contribution in [0.5, 0.6) is 5.75 Å². The van der Waals surface area contributed by atoms with Gasteiger partial charge < -0.3 is 4.74 Å². The van der Waals surface area contributed by atoms with Crippen LogP contribution in [-0.2, 0) is 0 Å². The van der Waals surface area contributed by atoms with Crippen molar-refractivity contribution in [2.24, 2.45) is 0 Å². The van der Waals surface area contributed by atoms with Crippen molar-refractivity contribution in [1.82, 2.24) is 0 Å². The van der Waals surface area contributed by atoms with Crippen LogP contribution >= 0.6 is 0 Å². The molecule has 0 aliphatic heterocycles. The Hall–Kier alpha value is -1.82. The maximum absolute atomic E-state index is 11.2. The van der Waals surface area contributed by atoms with E-state index in [1.165, 1.54) is 6.92 Å². The first-order chi connectivity index (χ1) is 6.69. The second-order valence-electron chi connectivity index (χ2n) is 2.81. The average Bonchev–Trinajstić information content (AvgIpc) is 2.18. The van der Waals surface area contributed by atoms with Crippen LogP contribution in [0.3, 0.4) is 0 Å². The molecule has 3 heteroatoms. The molecular formula is C11H11NO2. The SMILES string of the molecule is CCOc1ccc(C#N)cc1C(C)=O. The molecule has 0 aliphatic carbocycles. The molecule has 0 radical (unpaired) electrons. The van der Waals surface area contributed by atoms with Crippen molar-refractivity contribution >= 4 is 5.78 Å².